The summed E-state index contributed by atoms with van der Waals surface area (Å²) >= 11 is 6.07. The van der Waals surface area contributed by atoms with Crippen LogP contribution in [0.25, 0.3) is 11.3 Å². The van der Waals surface area contributed by atoms with Gasteiger partial charge in [0.25, 0.3) is 5.69 Å². The van der Waals surface area contributed by atoms with Gasteiger partial charge < -0.3 is 9.84 Å². The summed E-state index contributed by atoms with van der Waals surface area (Å²) < 4.78 is 5.66. The van der Waals surface area contributed by atoms with Crippen molar-refractivity contribution in [1.29, 1.82) is 0 Å². The number of hydrazone groups is 1. The standard InChI is InChI=1S/C18H14ClN3O3/c19-17-4-2-1-3-14(17)11-20-21-12-16-9-10-18(25-16)13-5-7-15(8-6-13)22(23)24/h1-10,12,20H,11H2/b21-12-. The van der Waals surface area contributed by atoms with Crippen LogP contribution < -0.4 is 5.43 Å². The molecule has 2 aromatic carbocycles. The number of nitrogens with one attached hydrogen (secondary N) is 1. The van der Waals surface area contributed by atoms with Crippen molar-refractivity contribution >= 4 is 23.5 Å². The fraction of sp³-hybridized carbons (Fsp3) is 0.0556. The zero-order valence-electron chi connectivity index (χ0n) is 13.1. The molecule has 0 unspecified atom stereocenters. The number of benzene rings is 2. The molecule has 0 amide bonds. The van der Waals surface area contributed by atoms with Crippen LogP contribution in [0.5, 0.6) is 0 Å². The van der Waals surface area contributed by atoms with Gasteiger partial charge in [-0.05, 0) is 35.9 Å². The highest BCUT2D eigenvalue weighted by Crippen LogP contribution is 2.24. The molecule has 1 heterocycles. The number of halogens is 1. The maximum absolute atomic E-state index is 10.7. The van der Waals surface area contributed by atoms with Gasteiger partial charge in [0.2, 0.25) is 0 Å². The Labute approximate surface area is 148 Å². The second kappa shape index (κ2) is 7.63. The molecule has 0 bridgehead atoms. The zero-order valence-corrected chi connectivity index (χ0v) is 13.8. The summed E-state index contributed by atoms with van der Waals surface area (Å²) in [5, 5.41) is 15.5. The van der Waals surface area contributed by atoms with Crippen LogP contribution in [-0.4, -0.2) is 11.1 Å². The van der Waals surface area contributed by atoms with Crippen molar-refractivity contribution in [3.63, 3.8) is 0 Å². The predicted octanol–water partition coefficient (Wildman–Crippen LogP) is 4.63. The third-order valence-electron chi connectivity index (χ3n) is 3.50. The van der Waals surface area contributed by atoms with E-state index in [1.807, 2.05) is 24.3 Å². The van der Waals surface area contributed by atoms with Crippen LogP contribution >= 0.6 is 11.6 Å². The Morgan fingerprint density at radius 1 is 1.12 bits per heavy atom. The third-order valence-corrected chi connectivity index (χ3v) is 3.87. The van der Waals surface area contributed by atoms with Crippen LogP contribution in [0.1, 0.15) is 11.3 Å². The molecule has 0 atom stereocenters. The molecule has 1 aromatic heterocycles. The number of rotatable bonds is 6. The van der Waals surface area contributed by atoms with Gasteiger partial charge in [-0.1, -0.05) is 29.8 Å². The lowest BCUT2D eigenvalue weighted by Gasteiger charge is -2.02. The number of non-ortho nitro benzene ring substituents is 1. The molecular formula is C18H14ClN3O3. The van der Waals surface area contributed by atoms with Crippen molar-refractivity contribution < 1.29 is 9.34 Å². The molecule has 3 rings (SSSR count). The van der Waals surface area contributed by atoms with Crippen LogP contribution in [0.15, 0.2) is 70.2 Å². The molecule has 0 spiro atoms. The van der Waals surface area contributed by atoms with Gasteiger partial charge in [-0.25, -0.2) is 0 Å². The molecule has 0 saturated carbocycles. The Balaban J connectivity index is 1.61. The summed E-state index contributed by atoms with van der Waals surface area (Å²) in [5.74, 6) is 1.18. The molecule has 0 aliphatic carbocycles. The molecule has 3 aromatic rings. The molecule has 0 fully saturated rings. The Bertz CT molecular complexity index is 904. The van der Waals surface area contributed by atoms with Gasteiger partial charge in [0.05, 0.1) is 17.7 Å². The Morgan fingerprint density at radius 3 is 2.60 bits per heavy atom. The quantitative estimate of drug-likeness (QED) is 0.397. The van der Waals surface area contributed by atoms with E-state index in [1.54, 1.807) is 30.5 Å². The van der Waals surface area contributed by atoms with E-state index in [-0.39, 0.29) is 5.69 Å². The van der Waals surface area contributed by atoms with Crippen molar-refractivity contribution in [3.8, 4) is 11.3 Å². The smallest absolute Gasteiger partial charge is 0.269 e. The van der Waals surface area contributed by atoms with Crippen molar-refractivity contribution in [2.75, 3.05) is 0 Å². The Morgan fingerprint density at radius 2 is 1.88 bits per heavy atom. The van der Waals surface area contributed by atoms with Crippen molar-refractivity contribution in [3.05, 3.63) is 87.1 Å². The van der Waals surface area contributed by atoms with Gasteiger partial charge in [0.15, 0.2) is 0 Å². The molecule has 6 nitrogen and oxygen atoms in total. The maximum atomic E-state index is 10.7. The van der Waals surface area contributed by atoms with E-state index in [1.165, 1.54) is 12.1 Å². The minimum atomic E-state index is -0.436. The molecule has 0 saturated heterocycles. The summed E-state index contributed by atoms with van der Waals surface area (Å²) in [6, 6.07) is 17.3. The fourth-order valence-corrected chi connectivity index (χ4v) is 2.41. The van der Waals surface area contributed by atoms with Crippen LogP contribution in [0.2, 0.25) is 5.02 Å². The van der Waals surface area contributed by atoms with E-state index in [2.05, 4.69) is 10.5 Å². The first-order valence-corrected chi connectivity index (χ1v) is 7.85. The number of hydrogen-bond acceptors (Lipinski definition) is 5. The monoisotopic (exact) mass is 355 g/mol. The van der Waals surface area contributed by atoms with E-state index >= 15 is 0 Å². The van der Waals surface area contributed by atoms with E-state index in [0.29, 0.717) is 23.1 Å². The second-order valence-electron chi connectivity index (χ2n) is 5.19. The van der Waals surface area contributed by atoms with Crippen molar-refractivity contribution in [1.82, 2.24) is 5.43 Å². The highest BCUT2D eigenvalue weighted by molar-refractivity contribution is 6.31. The molecule has 0 radical (unpaired) electrons. The topological polar surface area (TPSA) is 80.7 Å². The normalized spacial score (nSPS) is 10.9. The van der Waals surface area contributed by atoms with Crippen LogP contribution in [0.3, 0.4) is 0 Å². The number of nitro benzene ring substituents is 1. The minimum absolute atomic E-state index is 0.0425. The maximum Gasteiger partial charge on any atom is 0.269 e. The second-order valence-corrected chi connectivity index (χ2v) is 5.60. The predicted molar refractivity (Wildman–Crippen MR) is 96.7 cm³/mol. The van der Waals surface area contributed by atoms with E-state index in [9.17, 15) is 10.1 Å². The van der Waals surface area contributed by atoms with Gasteiger partial charge in [-0.3, -0.25) is 10.1 Å². The number of furan rings is 1. The molecule has 25 heavy (non-hydrogen) atoms. The summed E-state index contributed by atoms with van der Waals surface area (Å²) in [5.41, 5.74) is 4.66. The summed E-state index contributed by atoms with van der Waals surface area (Å²) in [6.07, 6.45) is 1.56. The van der Waals surface area contributed by atoms with Crippen molar-refractivity contribution in [2.24, 2.45) is 5.10 Å². The Hall–Kier alpha value is -3.12. The summed E-state index contributed by atoms with van der Waals surface area (Å²) in [7, 11) is 0. The first kappa shape index (κ1) is 16.7. The first-order chi connectivity index (χ1) is 12.1. The van der Waals surface area contributed by atoms with E-state index in [0.717, 1.165) is 11.1 Å². The fourth-order valence-electron chi connectivity index (χ4n) is 2.21. The summed E-state index contributed by atoms with van der Waals surface area (Å²) in [6.45, 7) is 0.506. The average Bonchev–Trinajstić information content (AvgIpc) is 3.09. The van der Waals surface area contributed by atoms with Gasteiger partial charge in [0, 0.05) is 22.7 Å². The zero-order chi connectivity index (χ0) is 17.6. The number of nitro groups is 1. The van der Waals surface area contributed by atoms with Crippen LogP contribution in [-0.2, 0) is 6.54 Å². The van der Waals surface area contributed by atoms with Crippen LogP contribution in [0.4, 0.5) is 5.69 Å². The van der Waals surface area contributed by atoms with Gasteiger partial charge in [0.1, 0.15) is 11.5 Å². The van der Waals surface area contributed by atoms with E-state index < -0.39 is 4.92 Å². The first-order valence-electron chi connectivity index (χ1n) is 7.47. The largest absolute Gasteiger partial charge is 0.455 e. The SMILES string of the molecule is O=[N+]([O-])c1ccc(-c2ccc(/C=N\NCc3ccccc3Cl)o2)cc1. The van der Waals surface area contributed by atoms with E-state index in [4.69, 9.17) is 16.0 Å². The number of nitrogens with zero attached hydrogens (tertiary/aromatic N) is 2. The molecule has 126 valence electrons. The molecule has 0 aliphatic rings. The molecule has 7 heteroatoms. The minimum Gasteiger partial charge on any atom is -0.455 e. The lowest BCUT2D eigenvalue weighted by atomic mass is 10.1. The molecule has 1 N–H and O–H groups in total. The Kier molecular flexibility index (Phi) is 5.11. The molecule has 0 aliphatic heterocycles. The highest BCUT2D eigenvalue weighted by atomic mass is 35.5. The average molecular weight is 356 g/mol. The number of hydrogen-bond donors (Lipinski definition) is 1. The van der Waals surface area contributed by atoms with Crippen LogP contribution in [0, 0.1) is 10.1 Å². The highest BCUT2D eigenvalue weighted by Gasteiger charge is 2.07. The van der Waals surface area contributed by atoms with Crippen molar-refractivity contribution in [2.45, 2.75) is 6.54 Å². The van der Waals surface area contributed by atoms with Gasteiger partial charge in [-0.2, -0.15) is 5.10 Å². The third kappa shape index (κ3) is 4.24. The van der Waals surface area contributed by atoms with Gasteiger partial charge in [-0.15, -0.1) is 0 Å². The van der Waals surface area contributed by atoms with Gasteiger partial charge >= 0.3 is 0 Å². The summed E-state index contributed by atoms with van der Waals surface area (Å²) in [4.78, 5) is 10.2. The lowest BCUT2D eigenvalue weighted by molar-refractivity contribution is -0.384. The molecular weight excluding hydrogens is 342 g/mol. The lowest BCUT2D eigenvalue weighted by Crippen LogP contribution is -2.05.